The van der Waals surface area contributed by atoms with Gasteiger partial charge in [-0.15, -0.1) is 0 Å². The number of aliphatic hydroxyl groups is 1. The van der Waals surface area contributed by atoms with Crippen LogP contribution in [-0.2, 0) is 17.8 Å². The van der Waals surface area contributed by atoms with E-state index in [9.17, 15) is 4.79 Å². The van der Waals surface area contributed by atoms with Crippen LogP contribution in [0.5, 0.6) is 0 Å². The fourth-order valence-corrected chi connectivity index (χ4v) is 2.83. The molecule has 116 valence electrons. The molecule has 3 rings (SSSR count). The number of anilines is 1. The van der Waals surface area contributed by atoms with E-state index in [4.69, 9.17) is 5.11 Å². The van der Waals surface area contributed by atoms with E-state index < -0.39 is 0 Å². The summed E-state index contributed by atoms with van der Waals surface area (Å²) in [6, 6.07) is 8.77. The molecule has 0 saturated carbocycles. The summed E-state index contributed by atoms with van der Waals surface area (Å²) in [5, 5.41) is 19.0. The molecule has 0 fully saturated rings. The summed E-state index contributed by atoms with van der Waals surface area (Å²) in [5.74, 6) is -0.157. The van der Waals surface area contributed by atoms with Gasteiger partial charge in [-0.1, -0.05) is 24.3 Å². The van der Waals surface area contributed by atoms with Crippen molar-refractivity contribution in [1.29, 1.82) is 0 Å². The number of hydrogen-bond donors (Lipinski definition) is 3. The van der Waals surface area contributed by atoms with Crippen molar-refractivity contribution in [2.45, 2.75) is 25.4 Å². The second-order valence-corrected chi connectivity index (χ2v) is 5.43. The number of nitrogens with zero attached hydrogens (tertiary/aromatic N) is 2. The standard InChI is InChI=1S/C16H20N4O2/c21-8-7-17-16(22)11-20-10-13(9-18-20)19-15-6-5-12-3-1-2-4-14(12)15/h1-4,9-10,15,19,21H,5-8,11H2,(H,17,22)/t15-/m0/s1. The van der Waals surface area contributed by atoms with Crippen molar-refractivity contribution in [3.63, 3.8) is 0 Å². The summed E-state index contributed by atoms with van der Waals surface area (Å²) in [6.07, 6.45) is 5.73. The Bertz CT molecular complexity index is 653. The minimum Gasteiger partial charge on any atom is -0.395 e. The minimum absolute atomic E-state index is 0.0568. The molecule has 6 nitrogen and oxygen atoms in total. The third kappa shape index (κ3) is 3.28. The molecule has 0 aliphatic heterocycles. The predicted molar refractivity (Wildman–Crippen MR) is 83.4 cm³/mol. The first-order valence-electron chi connectivity index (χ1n) is 7.50. The Balaban J connectivity index is 1.60. The van der Waals surface area contributed by atoms with E-state index in [-0.39, 0.29) is 25.6 Å². The lowest BCUT2D eigenvalue weighted by Gasteiger charge is -2.13. The van der Waals surface area contributed by atoms with Gasteiger partial charge in [-0.25, -0.2) is 0 Å². The molecule has 1 amide bonds. The van der Waals surface area contributed by atoms with Gasteiger partial charge in [0.1, 0.15) is 6.54 Å². The van der Waals surface area contributed by atoms with Crippen LogP contribution >= 0.6 is 0 Å². The van der Waals surface area contributed by atoms with Gasteiger partial charge in [0, 0.05) is 12.7 Å². The van der Waals surface area contributed by atoms with Crippen LogP contribution in [0.1, 0.15) is 23.6 Å². The van der Waals surface area contributed by atoms with Crippen LogP contribution in [0.25, 0.3) is 0 Å². The Hall–Kier alpha value is -2.34. The lowest BCUT2D eigenvalue weighted by atomic mass is 10.1. The van der Waals surface area contributed by atoms with Crippen LogP contribution in [0.2, 0.25) is 0 Å². The van der Waals surface area contributed by atoms with E-state index in [1.54, 1.807) is 10.9 Å². The topological polar surface area (TPSA) is 79.2 Å². The Labute approximate surface area is 129 Å². The van der Waals surface area contributed by atoms with Gasteiger partial charge in [-0.3, -0.25) is 9.48 Å². The highest BCUT2D eigenvalue weighted by Crippen LogP contribution is 2.33. The number of benzene rings is 1. The highest BCUT2D eigenvalue weighted by atomic mass is 16.3. The molecule has 2 aromatic rings. The van der Waals surface area contributed by atoms with Crippen molar-refractivity contribution in [3.8, 4) is 0 Å². The first kappa shape index (κ1) is 14.6. The van der Waals surface area contributed by atoms with Crippen LogP contribution in [0.4, 0.5) is 5.69 Å². The zero-order valence-electron chi connectivity index (χ0n) is 12.3. The number of hydrogen-bond acceptors (Lipinski definition) is 4. The Morgan fingerprint density at radius 2 is 2.27 bits per heavy atom. The summed E-state index contributed by atoms with van der Waals surface area (Å²) in [6.45, 7) is 0.367. The molecule has 3 N–H and O–H groups in total. The Morgan fingerprint density at radius 1 is 1.41 bits per heavy atom. The van der Waals surface area contributed by atoms with Gasteiger partial charge < -0.3 is 15.7 Å². The van der Waals surface area contributed by atoms with Crippen LogP contribution < -0.4 is 10.6 Å². The normalized spacial score (nSPS) is 16.3. The largest absolute Gasteiger partial charge is 0.395 e. The summed E-state index contributed by atoms with van der Waals surface area (Å²) in [4.78, 5) is 11.6. The highest BCUT2D eigenvalue weighted by Gasteiger charge is 2.21. The number of carbonyl (C=O) groups is 1. The number of rotatable bonds is 6. The van der Waals surface area contributed by atoms with Crippen LogP contribution in [-0.4, -0.2) is 33.9 Å². The van der Waals surface area contributed by atoms with Gasteiger partial charge in [0.05, 0.1) is 24.5 Å². The molecule has 0 unspecified atom stereocenters. The van der Waals surface area contributed by atoms with Gasteiger partial charge in [0.25, 0.3) is 0 Å². The van der Waals surface area contributed by atoms with Gasteiger partial charge in [-0.05, 0) is 24.0 Å². The van der Waals surface area contributed by atoms with E-state index in [0.717, 1.165) is 18.5 Å². The quantitative estimate of drug-likeness (QED) is 0.746. The average Bonchev–Trinajstić information content (AvgIpc) is 3.13. The maximum absolute atomic E-state index is 11.6. The molecular formula is C16H20N4O2. The molecule has 0 bridgehead atoms. The van der Waals surface area contributed by atoms with Crippen molar-refractivity contribution in [2.75, 3.05) is 18.5 Å². The molecule has 6 heteroatoms. The van der Waals surface area contributed by atoms with E-state index in [0.29, 0.717) is 6.04 Å². The fourth-order valence-electron chi connectivity index (χ4n) is 2.83. The van der Waals surface area contributed by atoms with Gasteiger partial charge in [-0.2, -0.15) is 5.10 Å². The maximum atomic E-state index is 11.6. The van der Waals surface area contributed by atoms with Gasteiger partial charge in [0.2, 0.25) is 5.91 Å². The van der Waals surface area contributed by atoms with Crippen molar-refractivity contribution >= 4 is 11.6 Å². The first-order chi connectivity index (χ1) is 10.8. The maximum Gasteiger partial charge on any atom is 0.241 e. The molecule has 1 aliphatic rings. The van der Waals surface area contributed by atoms with Crippen molar-refractivity contribution < 1.29 is 9.90 Å². The lowest BCUT2D eigenvalue weighted by Crippen LogP contribution is -2.30. The second-order valence-electron chi connectivity index (χ2n) is 5.43. The van der Waals surface area contributed by atoms with E-state index in [1.807, 2.05) is 6.20 Å². The third-order valence-electron chi connectivity index (χ3n) is 3.85. The monoisotopic (exact) mass is 300 g/mol. The SMILES string of the molecule is O=C(Cn1cc(N[C@H]2CCc3ccccc32)cn1)NCCO. The summed E-state index contributed by atoms with van der Waals surface area (Å²) in [5.41, 5.74) is 3.66. The average molecular weight is 300 g/mol. The molecule has 1 heterocycles. The van der Waals surface area contributed by atoms with Gasteiger partial charge in [0.15, 0.2) is 0 Å². The number of aliphatic hydroxyl groups excluding tert-OH is 1. The lowest BCUT2D eigenvalue weighted by molar-refractivity contribution is -0.122. The highest BCUT2D eigenvalue weighted by molar-refractivity contribution is 5.75. The molecule has 0 saturated heterocycles. The van der Waals surface area contributed by atoms with Crippen molar-refractivity contribution in [3.05, 3.63) is 47.8 Å². The number of carbonyl (C=O) groups excluding carboxylic acids is 1. The molecular weight excluding hydrogens is 280 g/mol. The number of nitrogens with one attached hydrogen (secondary N) is 2. The zero-order chi connectivity index (χ0) is 15.4. The van der Waals surface area contributed by atoms with Crippen molar-refractivity contribution in [1.82, 2.24) is 15.1 Å². The number of aryl methyl sites for hydroxylation is 1. The number of fused-ring (bicyclic) bond motifs is 1. The van der Waals surface area contributed by atoms with Crippen molar-refractivity contribution in [2.24, 2.45) is 0 Å². The molecule has 0 spiro atoms. The molecule has 1 aromatic heterocycles. The number of amides is 1. The molecule has 1 aromatic carbocycles. The minimum atomic E-state index is -0.157. The molecule has 22 heavy (non-hydrogen) atoms. The zero-order valence-corrected chi connectivity index (χ0v) is 12.3. The Kier molecular flexibility index (Phi) is 4.39. The Morgan fingerprint density at radius 3 is 3.14 bits per heavy atom. The smallest absolute Gasteiger partial charge is 0.241 e. The molecule has 1 atom stereocenters. The van der Waals surface area contributed by atoms with Crippen LogP contribution in [0.15, 0.2) is 36.7 Å². The van der Waals surface area contributed by atoms with Gasteiger partial charge >= 0.3 is 0 Å². The molecule has 1 aliphatic carbocycles. The summed E-state index contributed by atoms with van der Waals surface area (Å²) >= 11 is 0. The molecule has 0 radical (unpaired) electrons. The van der Waals surface area contributed by atoms with E-state index >= 15 is 0 Å². The summed E-state index contributed by atoms with van der Waals surface area (Å²) in [7, 11) is 0. The number of aromatic nitrogens is 2. The van der Waals surface area contributed by atoms with E-state index in [1.165, 1.54) is 11.1 Å². The predicted octanol–water partition coefficient (Wildman–Crippen LogP) is 1.09. The van der Waals surface area contributed by atoms with Crippen LogP contribution in [0.3, 0.4) is 0 Å². The van der Waals surface area contributed by atoms with E-state index in [2.05, 4.69) is 40.0 Å². The first-order valence-corrected chi connectivity index (χ1v) is 7.50. The third-order valence-corrected chi connectivity index (χ3v) is 3.85. The van der Waals surface area contributed by atoms with Crippen LogP contribution in [0, 0.1) is 0 Å². The summed E-state index contributed by atoms with van der Waals surface area (Å²) < 4.78 is 1.59. The second kappa shape index (κ2) is 6.62. The fraction of sp³-hybridized carbons (Fsp3) is 0.375.